The largest absolute Gasteiger partial charge is 0.0763 e. The van der Waals surface area contributed by atoms with Crippen molar-refractivity contribution in [3.8, 4) is 0 Å². The van der Waals surface area contributed by atoms with Crippen molar-refractivity contribution in [3.05, 3.63) is 129 Å². The molecule has 0 heteroatoms. The van der Waals surface area contributed by atoms with Crippen LogP contribution in [0.5, 0.6) is 0 Å². The summed E-state index contributed by atoms with van der Waals surface area (Å²) >= 11 is 0. The predicted molar refractivity (Wildman–Crippen MR) is 145 cm³/mol. The van der Waals surface area contributed by atoms with Gasteiger partial charge in [-0.1, -0.05) is 115 Å². The molecule has 1 unspecified atom stereocenters. The Morgan fingerprint density at radius 2 is 1.26 bits per heavy atom. The normalized spacial score (nSPS) is 20.1. The summed E-state index contributed by atoms with van der Waals surface area (Å²) in [5.41, 5.74) is 1.82. The SMILES string of the molecule is [2H]c1c([2H])c([2H])c2c(C3C=c4ccccc4=CC3)c3c([2H])c([2H])c([2H])c([2H])c3c(C3=c4ccccc4=CCC3)c2c1[2H]. The molecule has 0 bridgehead atoms. The summed E-state index contributed by atoms with van der Waals surface area (Å²) in [4.78, 5) is 0. The van der Waals surface area contributed by atoms with E-state index in [2.05, 4.69) is 18.2 Å². The van der Waals surface area contributed by atoms with Crippen LogP contribution in [-0.2, 0) is 0 Å². The van der Waals surface area contributed by atoms with Crippen molar-refractivity contribution >= 4 is 45.3 Å². The molecule has 5 aromatic carbocycles. The van der Waals surface area contributed by atoms with Crippen LogP contribution in [0.3, 0.4) is 0 Å². The van der Waals surface area contributed by atoms with E-state index in [0.29, 0.717) is 51.9 Å². The molecule has 0 amide bonds. The van der Waals surface area contributed by atoms with E-state index in [1.54, 1.807) is 0 Å². The maximum atomic E-state index is 9.17. The Bertz CT molecular complexity index is 2190. The van der Waals surface area contributed by atoms with E-state index >= 15 is 0 Å². The Morgan fingerprint density at radius 3 is 2.00 bits per heavy atom. The van der Waals surface area contributed by atoms with E-state index in [9.17, 15) is 2.74 Å². The molecule has 5 aromatic rings. The van der Waals surface area contributed by atoms with Crippen molar-refractivity contribution in [3.63, 3.8) is 0 Å². The van der Waals surface area contributed by atoms with Gasteiger partial charge in [0.25, 0.3) is 0 Å². The second-order valence-corrected chi connectivity index (χ2v) is 8.94. The van der Waals surface area contributed by atoms with E-state index in [1.807, 2.05) is 48.5 Å². The molecule has 2 aliphatic rings. The minimum atomic E-state index is -0.366. The predicted octanol–water partition coefficient (Wildman–Crippen LogP) is 5.51. The zero-order valence-corrected chi connectivity index (χ0v) is 18.5. The summed E-state index contributed by atoms with van der Waals surface area (Å²) in [6.45, 7) is 0. The van der Waals surface area contributed by atoms with Crippen LogP contribution in [-0.4, -0.2) is 0 Å². The Labute approximate surface area is 210 Å². The average Bonchev–Trinajstić information content (AvgIpc) is 3.02. The van der Waals surface area contributed by atoms with Crippen molar-refractivity contribution in [2.75, 3.05) is 0 Å². The van der Waals surface area contributed by atoms with Crippen LogP contribution in [0.4, 0.5) is 0 Å². The minimum Gasteiger partial charge on any atom is -0.0763 e. The van der Waals surface area contributed by atoms with E-state index in [1.165, 1.54) is 0 Å². The van der Waals surface area contributed by atoms with E-state index < -0.39 is 0 Å². The fourth-order valence-electron chi connectivity index (χ4n) is 5.63. The molecule has 2 aliphatic carbocycles. The first kappa shape index (κ1) is 13.1. The molecule has 0 N–H and O–H groups in total. The van der Waals surface area contributed by atoms with Crippen LogP contribution in [0.1, 0.15) is 47.3 Å². The van der Waals surface area contributed by atoms with E-state index in [-0.39, 0.29) is 54.3 Å². The molecule has 0 fully saturated rings. The summed E-state index contributed by atoms with van der Waals surface area (Å²) in [5, 5.41) is 5.22. The number of rotatable bonds is 2. The first-order valence-corrected chi connectivity index (χ1v) is 11.7. The molecule has 0 radical (unpaired) electrons. The molecular formula is C34H26. The third kappa shape index (κ3) is 2.99. The lowest BCUT2D eigenvalue weighted by atomic mass is 9.79. The molecule has 162 valence electrons. The van der Waals surface area contributed by atoms with Crippen LogP contribution in [0.25, 0.3) is 45.3 Å². The van der Waals surface area contributed by atoms with Gasteiger partial charge in [0.15, 0.2) is 0 Å². The first-order chi connectivity index (χ1) is 20.2. The number of hydrogen-bond acceptors (Lipinski definition) is 0. The zero-order valence-electron chi connectivity index (χ0n) is 26.5. The minimum absolute atomic E-state index is 0.194. The van der Waals surface area contributed by atoms with Gasteiger partial charge in [0.1, 0.15) is 0 Å². The van der Waals surface area contributed by atoms with Gasteiger partial charge >= 0.3 is 0 Å². The smallest absolute Gasteiger partial charge is 0.0629 e. The lowest BCUT2D eigenvalue weighted by molar-refractivity contribution is 0.939. The quantitative estimate of drug-likeness (QED) is 0.316. The number of fused-ring (bicyclic) bond motifs is 4. The van der Waals surface area contributed by atoms with Gasteiger partial charge in [-0.25, -0.2) is 0 Å². The second-order valence-electron chi connectivity index (χ2n) is 8.94. The summed E-state index contributed by atoms with van der Waals surface area (Å²) in [6, 6.07) is 13.5. The summed E-state index contributed by atoms with van der Waals surface area (Å²) in [5.74, 6) is -0.366. The monoisotopic (exact) mass is 442 g/mol. The van der Waals surface area contributed by atoms with Gasteiger partial charge in [-0.3, -0.25) is 0 Å². The first-order valence-electron chi connectivity index (χ1n) is 15.7. The highest BCUT2D eigenvalue weighted by Gasteiger charge is 2.22. The van der Waals surface area contributed by atoms with Crippen molar-refractivity contribution < 1.29 is 11.0 Å². The van der Waals surface area contributed by atoms with Gasteiger partial charge in [-0.05, 0) is 78.4 Å². The van der Waals surface area contributed by atoms with Crippen LogP contribution >= 0.6 is 0 Å². The molecule has 0 saturated heterocycles. The molecule has 0 aliphatic heterocycles. The highest BCUT2D eigenvalue weighted by molar-refractivity contribution is 6.12. The third-order valence-corrected chi connectivity index (χ3v) is 7.10. The Balaban J connectivity index is 1.82. The molecule has 0 saturated carbocycles. The lowest BCUT2D eigenvalue weighted by Gasteiger charge is -2.24. The Hall–Kier alpha value is -3.90. The van der Waals surface area contributed by atoms with Gasteiger partial charge < -0.3 is 0 Å². The molecular weight excluding hydrogens is 408 g/mol. The second kappa shape index (κ2) is 7.85. The average molecular weight is 443 g/mol. The fraction of sp³-hybridized carbons (Fsp3) is 0.118. The van der Waals surface area contributed by atoms with Crippen LogP contribution in [0.15, 0.2) is 96.9 Å². The van der Waals surface area contributed by atoms with Crippen molar-refractivity contribution in [1.29, 1.82) is 0 Å². The molecule has 0 nitrogen and oxygen atoms in total. The fourth-order valence-corrected chi connectivity index (χ4v) is 5.63. The van der Waals surface area contributed by atoms with E-state index in [0.717, 1.165) is 26.4 Å². The maximum absolute atomic E-state index is 9.17. The molecule has 1 atom stereocenters. The van der Waals surface area contributed by atoms with Crippen molar-refractivity contribution in [2.45, 2.75) is 25.2 Å². The zero-order chi connectivity index (χ0) is 29.4. The topological polar surface area (TPSA) is 0 Å². The van der Waals surface area contributed by atoms with Crippen LogP contribution < -0.4 is 20.9 Å². The van der Waals surface area contributed by atoms with Crippen molar-refractivity contribution in [1.82, 2.24) is 0 Å². The highest BCUT2D eigenvalue weighted by atomic mass is 14.2. The van der Waals surface area contributed by atoms with Gasteiger partial charge in [-0.2, -0.15) is 0 Å². The molecule has 34 heavy (non-hydrogen) atoms. The van der Waals surface area contributed by atoms with Gasteiger partial charge in [0.05, 0.1) is 11.0 Å². The van der Waals surface area contributed by atoms with Gasteiger partial charge in [-0.15, -0.1) is 0 Å². The van der Waals surface area contributed by atoms with Gasteiger partial charge in [0.2, 0.25) is 0 Å². The Kier molecular flexibility index (Phi) is 3.03. The maximum Gasteiger partial charge on any atom is 0.0629 e. The third-order valence-electron chi connectivity index (χ3n) is 7.10. The standard InChI is InChI=1S/C34H26/c1-2-12-25-22-26(21-20-23(25)10-1)33-29-15-5-7-17-31(29)34(32-18-8-6-16-30(32)33)28-19-9-13-24-11-3-4-14-27(24)28/h1-8,10-18,20,22,26H,9,19,21H2/i5D,6D,7D,8D,15D,16D,17D,18D. The number of hydrogen-bond donors (Lipinski definition) is 0. The lowest BCUT2D eigenvalue weighted by Crippen LogP contribution is -2.29. The highest BCUT2D eigenvalue weighted by Crippen LogP contribution is 2.42. The van der Waals surface area contributed by atoms with E-state index in [4.69, 9.17) is 8.22 Å². The summed E-state index contributed by atoms with van der Waals surface area (Å²) in [7, 11) is 0. The summed E-state index contributed by atoms with van der Waals surface area (Å²) < 4.78 is 71.2. The van der Waals surface area contributed by atoms with Gasteiger partial charge in [0, 0.05) is 5.92 Å². The number of benzene rings is 5. The Morgan fingerprint density at radius 1 is 0.647 bits per heavy atom. The van der Waals surface area contributed by atoms with Crippen LogP contribution in [0.2, 0.25) is 0 Å². The molecule has 0 heterocycles. The van der Waals surface area contributed by atoms with Crippen LogP contribution in [0, 0.1) is 0 Å². The molecule has 7 rings (SSSR count). The molecule has 0 spiro atoms. The summed E-state index contributed by atoms with van der Waals surface area (Å²) in [6.07, 6.45) is 8.08. The van der Waals surface area contributed by atoms with Crippen molar-refractivity contribution in [2.24, 2.45) is 0 Å². The molecule has 0 aromatic heterocycles.